The van der Waals surface area contributed by atoms with Crippen LogP contribution >= 0.6 is 11.8 Å². The lowest BCUT2D eigenvalue weighted by Crippen LogP contribution is -2.58. The van der Waals surface area contributed by atoms with Crippen molar-refractivity contribution in [3.05, 3.63) is 35.9 Å². The average molecular weight is 664 g/mol. The lowest BCUT2D eigenvalue weighted by Gasteiger charge is -2.27. The van der Waals surface area contributed by atoms with Gasteiger partial charge in [0.1, 0.15) is 18.1 Å². The molecule has 0 saturated carbocycles. The number of carbonyl (C=O) groups excluding carboxylic acids is 5. The molecule has 260 valence electrons. The molecule has 0 fully saturated rings. The topological polar surface area (TPSA) is 169 Å². The van der Waals surface area contributed by atoms with Crippen molar-refractivity contribution in [1.29, 1.82) is 0 Å². The molecule has 0 radical (unpaired) electrons. The van der Waals surface area contributed by atoms with Crippen LogP contribution in [0.5, 0.6) is 0 Å². The first-order valence-electron chi connectivity index (χ1n) is 16.4. The molecule has 6 N–H and O–H groups in total. The number of nitrogens with two attached hydrogens (primary N) is 1. The van der Waals surface area contributed by atoms with E-state index >= 15 is 0 Å². The van der Waals surface area contributed by atoms with Gasteiger partial charge in [-0.1, -0.05) is 71.9 Å². The minimum absolute atomic E-state index is 0.0293. The highest BCUT2D eigenvalue weighted by Gasteiger charge is 2.32. The number of rotatable bonds is 22. The lowest BCUT2D eigenvalue weighted by molar-refractivity contribution is -0.134. The van der Waals surface area contributed by atoms with Gasteiger partial charge in [-0.05, 0) is 68.1 Å². The molecule has 0 saturated heterocycles. The van der Waals surface area contributed by atoms with Crippen LogP contribution in [0.15, 0.2) is 30.3 Å². The molecule has 4 atom stereocenters. The van der Waals surface area contributed by atoms with Crippen molar-refractivity contribution in [2.45, 2.75) is 104 Å². The number of nitrogens with one attached hydrogen (secondary N) is 4. The Hall–Kier alpha value is -3.12. The van der Waals surface area contributed by atoms with E-state index in [0.717, 1.165) is 12.0 Å². The van der Waals surface area contributed by atoms with Gasteiger partial charge in [-0.2, -0.15) is 11.8 Å². The number of hydrogen-bond acceptors (Lipinski definition) is 8. The fourth-order valence-corrected chi connectivity index (χ4v) is 5.16. The lowest BCUT2D eigenvalue weighted by atomic mass is 9.96. The summed E-state index contributed by atoms with van der Waals surface area (Å²) in [5.74, 6) is -1.13. The van der Waals surface area contributed by atoms with Gasteiger partial charge in [0.05, 0.1) is 12.6 Å². The first kappa shape index (κ1) is 40.9. The summed E-state index contributed by atoms with van der Waals surface area (Å²) in [5.41, 5.74) is 6.47. The van der Waals surface area contributed by atoms with E-state index in [9.17, 15) is 24.0 Å². The fraction of sp³-hybridized carbons (Fsp3) is 0.676. The predicted molar refractivity (Wildman–Crippen MR) is 184 cm³/mol. The Morgan fingerprint density at radius 3 is 1.89 bits per heavy atom. The SMILES string of the molecule is CSCCC(NC(=O)OCC(C)C)C(=O)NC(CC(C)C)C(=O)NC(Cc1ccccc1)C(=O)NC(CCCCN)C(=O)C(C)C. The van der Waals surface area contributed by atoms with E-state index in [1.54, 1.807) is 13.8 Å². The molecule has 0 heterocycles. The van der Waals surface area contributed by atoms with Crippen molar-refractivity contribution in [3.8, 4) is 0 Å². The number of benzene rings is 1. The third kappa shape index (κ3) is 16.4. The second-order valence-electron chi connectivity index (χ2n) is 12.8. The first-order chi connectivity index (χ1) is 21.8. The minimum Gasteiger partial charge on any atom is -0.449 e. The summed E-state index contributed by atoms with van der Waals surface area (Å²) in [6.07, 6.45) is 3.88. The number of alkyl carbamates (subject to hydrolysis) is 1. The molecule has 4 unspecified atom stereocenters. The molecular weight excluding hydrogens is 606 g/mol. The number of thioether (sulfide) groups is 1. The fourth-order valence-electron chi connectivity index (χ4n) is 4.69. The molecule has 1 aromatic rings. The van der Waals surface area contributed by atoms with Crippen LogP contribution in [0.3, 0.4) is 0 Å². The van der Waals surface area contributed by atoms with Crippen molar-refractivity contribution in [1.82, 2.24) is 21.3 Å². The van der Waals surface area contributed by atoms with Crippen LogP contribution < -0.4 is 27.0 Å². The number of ketones is 1. The largest absolute Gasteiger partial charge is 0.449 e. The van der Waals surface area contributed by atoms with E-state index in [-0.39, 0.29) is 36.6 Å². The molecule has 11 nitrogen and oxygen atoms in total. The molecule has 1 aromatic carbocycles. The van der Waals surface area contributed by atoms with Gasteiger partial charge >= 0.3 is 6.09 Å². The van der Waals surface area contributed by atoms with Gasteiger partial charge in [-0.25, -0.2) is 4.79 Å². The van der Waals surface area contributed by atoms with E-state index in [0.29, 0.717) is 38.0 Å². The van der Waals surface area contributed by atoms with Crippen LogP contribution in [0.4, 0.5) is 4.79 Å². The Balaban J connectivity index is 3.23. The minimum atomic E-state index is -1.00. The zero-order chi connectivity index (χ0) is 34.6. The van der Waals surface area contributed by atoms with Gasteiger partial charge in [0.2, 0.25) is 17.7 Å². The molecule has 46 heavy (non-hydrogen) atoms. The Morgan fingerprint density at radius 1 is 0.739 bits per heavy atom. The standard InChI is InChI=1S/C34H57N5O6S/c1-22(2)19-28(37-31(41)27(16-18-46-7)39-34(44)45-21-23(3)4)32(42)38-29(20-25-13-9-8-10-14-25)33(43)36-26(15-11-12-17-35)30(40)24(5)6/h8-10,13-14,22-24,26-29H,11-12,15-21,35H2,1-7H3,(H,36,43)(H,37,41)(H,38,42)(H,39,44). The van der Waals surface area contributed by atoms with Gasteiger partial charge in [0.15, 0.2) is 5.78 Å². The van der Waals surface area contributed by atoms with Crippen molar-refractivity contribution >= 4 is 41.4 Å². The van der Waals surface area contributed by atoms with Crippen LogP contribution in [0.2, 0.25) is 0 Å². The number of hydrogen-bond donors (Lipinski definition) is 5. The normalized spacial score (nSPS) is 13.9. The van der Waals surface area contributed by atoms with Crippen molar-refractivity contribution in [2.75, 3.05) is 25.2 Å². The Morgan fingerprint density at radius 2 is 1.33 bits per heavy atom. The van der Waals surface area contributed by atoms with Crippen molar-refractivity contribution in [3.63, 3.8) is 0 Å². The monoisotopic (exact) mass is 663 g/mol. The zero-order valence-electron chi connectivity index (χ0n) is 28.7. The number of carbonyl (C=O) groups is 5. The second-order valence-corrected chi connectivity index (χ2v) is 13.8. The zero-order valence-corrected chi connectivity index (χ0v) is 29.5. The highest BCUT2D eigenvalue weighted by Crippen LogP contribution is 2.12. The maximum atomic E-state index is 13.8. The summed E-state index contributed by atoms with van der Waals surface area (Å²) in [4.78, 5) is 66.4. The summed E-state index contributed by atoms with van der Waals surface area (Å²) in [7, 11) is 0. The second kappa shape index (κ2) is 22.4. The van der Waals surface area contributed by atoms with Gasteiger partial charge in [-0.15, -0.1) is 0 Å². The first-order valence-corrected chi connectivity index (χ1v) is 17.8. The summed E-state index contributed by atoms with van der Waals surface area (Å²) in [6.45, 7) is 12.0. The maximum absolute atomic E-state index is 13.8. The van der Waals surface area contributed by atoms with Crippen LogP contribution in [0.25, 0.3) is 0 Å². The third-order valence-corrected chi connectivity index (χ3v) is 7.84. The highest BCUT2D eigenvalue weighted by molar-refractivity contribution is 7.98. The Bertz CT molecular complexity index is 1090. The molecule has 0 aliphatic heterocycles. The highest BCUT2D eigenvalue weighted by atomic mass is 32.2. The molecule has 0 spiro atoms. The maximum Gasteiger partial charge on any atom is 0.407 e. The number of Topliss-reactive ketones (excluding diaryl/α,β-unsaturated/α-hetero) is 1. The van der Waals surface area contributed by atoms with Crippen LogP contribution in [-0.4, -0.2) is 78.9 Å². The molecule has 0 aromatic heterocycles. The third-order valence-electron chi connectivity index (χ3n) is 7.20. The smallest absolute Gasteiger partial charge is 0.407 e. The molecule has 0 aliphatic rings. The van der Waals surface area contributed by atoms with Crippen molar-refractivity contribution in [2.24, 2.45) is 23.5 Å². The summed E-state index contributed by atoms with van der Waals surface area (Å²) in [5, 5.41) is 11.2. The molecular formula is C34H57N5O6S. The quantitative estimate of drug-likeness (QED) is 0.117. The van der Waals surface area contributed by atoms with E-state index in [4.69, 9.17) is 10.5 Å². The number of unbranched alkanes of at least 4 members (excludes halogenated alkanes) is 1. The molecule has 4 amide bonds. The molecule has 0 bridgehead atoms. The molecule has 0 aliphatic carbocycles. The average Bonchev–Trinajstić information content (AvgIpc) is 3.00. The van der Waals surface area contributed by atoms with Gasteiger partial charge in [0.25, 0.3) is 0 Å². The Kier molecular flexibility index (Phi) is 19.9. The van der Waals surface area contributed by atoms with Gasteiger partial charge in [-0.3, -0.25) is 19.2 Å². The summed E-state index contributed by atoms with van der Waals surface area (Å²) in [6, 6.07) is 5.68. The molecule has 1 rings (SSSR count). The van der Waals surface area contributed by atoms with Crippen LogP contribution in [-0.2, 0) is 30.3 Å². The summed E-state index contributed by atoms with van der Waals surface area (Å²) >= 11 is 1.53. The molecule has 12 heteroatoms. The number of ether oxygens (including phenoxy) is 1. The number of amides is 4. The van der Waals surface area contributed by atoms with E-state index < -0.39 is 48.0 Å². The van der Waals surface area contributed by atoms with E-state index in [1.165, 1.54) is 11.8 Å². The predicted octanol–water partition coefficient (Wildman–Crippen LogP) is 3.59. The van der Waals surface area contributed by atoms with Gasteiger partial charge < -0.3 is 31.7 Å². The van der Waals surface area contributed by atoms with Crippen LogP contribution in [0.1, 0.15) is 79.2 Å². The van der Waals surface area contributed by atoms with Crippen molar-refractivity contribution < 1.29 is 28.7 Å². The van der Waals surface area contributed by atoms with E-state index in [1.807, 2.05) is 64.3 Å². The van der Waals surface area contributed by atoms with Crippen LogP contribution in [0, 0.1) is 17.8 Å². The van der Waals surface area contributed by atoms with Gasteiger partial charge in [0, 0.05) is 12.3 Å². The van der Waals surface area contributed by atoms with E-state index in [2.05, 4.69) is 21.3 Å². The summed E-state index contributed by atoms with van der Waals surface area (Å²) < 4.78 is 5.22. The Labute approximate surface area is 279 Å².